The molecule has 1 spiro atoms. The molecule has 2 aromatic carbocycles. The summed E-state index contributed by atoms with van der Waals surface area (Å²) in [7, 11) is 0. The van der Waals surface area contributed by atoms with Gasteiger partial charge >= 0.3 is 6.18 Å². The fraction of sp³-hybridized carbons (Fsp3) is 0.360. The third-order valence-corrected chi connectivity index (χ3v) is 6.51. The molecule has 2 aromatic rings. The molecule has 0 atom stereocenters. The highest BCUT2D eigenvalue weighted by Crippen LogP contribution is 2.46. The molecule has 1 saturated heterocycles. The van der Waals surface area contributed by atoms with Crippen molar-refractivity contribution in [2.75, 3.05) is 23.8 Å². The smallest absolute Gasteiger partial charge is 0.416 e. The normalized spacial score (nSPS) is 20.2. The van der Waals surface area contributed by atoms with Gasteiger partial charge in [0, 0.05) is 48.7 Å². The van der Waals surface area contributed by atoms with Gasteiger partial charge in [-0.15, -0.1) is 0 Å². The van der Waals surface area contributed by atoms with Crippen molar-refractivity contribution >= 4 is 28.8 Å². The minimum absolute atomic E-state index is 0.0723. The Hall–Kier alpha value is -3.33. The van der Waals surface area contributed by atoms with Gasteiger partial charge in [-0.2, -0.15) is 13.2 Å². The number of anilines is 2. The molecular weight excluding hydrogens is 449 g/mol. The molecule has 3 heterocycles. The van der Waals surface area contributed by atoms with E-state index in [1.165, 1.54) is 12.1 Å². The van der Waals surface area contributed by atoms with Crippen molar-refractivity contribution in [3.63, 3.8) is 0 Å². The zero-order valence-electron chi connectivity index (χ0n) is 18.3. The molecule has 178 valence electrons. The number of hydrogen-bond donors (Lipinski definition) is 2. The van der Waals surface area contributed by atoms with Crippen molar-refractivity contribution in [2.45, 2.75) is 43.9 Å². The Morgan fingerprint density at radius 2 is 1.91 bits per heavy atom. The highest BCUT2D eigenvalue weighted by Gasteiger charge is 2.41. The number of rotatable bonds is 2. The van der Waals surface area contributed by atoms with Gasteiger partial charge in [-0.1, -0.05) is 12.1 Å². The maximum absolute atomic E-state index is 13.3. The van der Waals surface area contributed by atoms with Gasteiger partial charge in [0.25, 0.3) is 0 Å². The first-order chi connectivity index (χ1) is 16.2. The average molecular weight is 472 g/mol. The number of amides is 2. The monoisotopic (exact) mass is 472 g/mol. The molecule has 0 saturated carbocycles. The first kappa shape index (κ1) is 22.5. The van der Waals surface area contributed by atoms with Crippen LogP contribution in [0.1, 0.15) is 42.4 Å². The van der Waals surface area contributed by atoms with E-state index in [1.54, 1.807) is 18.2 Å². The average Bonchev–Trinajstić information content (AvgIpc) is 2.78. The van der Waals surface area contributed by atoms with Gasteiger partial charge in [0.1, 0.15) is 11.4 Å². The lowest BCUT2D eigenvalue weighted by molar-refractivity contribution is -0.138. The van der Waals surface area contributed by atoms with E-state index in [9.17, 15) is 22.8 Å². The summed E-state index contributed by atoms with van der Waals surface area (Å²) in [4.78, 5) is 24.7. The molecule has 0 bridgehead atoms. The molecule has 3 aliphatic rings. The highest BCUT2D eigenvalue weighted by atomic mass is 19.4. The van der Waals surface area contributed by atoms with E-state index in [1.807, 2.05) is 0 Å². The first-order valence-corrected chi connectivity index (χ1v) is 11.1. The van der Waals surface area contributed by atoms with Crippen LogP contribution < -0.4 is 15.4 Å². The number of halogens is 3. The van der Waals surface area contributed by atoms with Crippen LogP contribution in [0.5, 0.6) is 5.75 Å². The Balaban J connectivity index is 1.47. The molecule has 1 fully saturated rings. The Morgan fingerprint density at radius 3 is 2.68 bits per heavy atom. The molecule has 9 heteroatoms. The van der Waals surface area contributed by atoms with E-state index in [0.717, 1.165) is 17.7 Å². The molecule has 2 N–H and O–H groups in total. The topological polar surface area (TPSA) is 76.7 Å². The van der Waals surface area contributed by atoms with Gasteiger partial charge in [0.2, 0.25) is 11.8 Å². The van der Waals surface area contributed by atoms with Gasteiger partial charge < -0.3 is 20.1 Å². The summed E-state index contributed by atoms with van der Waals surface area (Å²) in [6.45, 7) is 0.880. The number of nitrogens with one attached hydrogen (secondary N) is 2. The van der Waals surface area contributed by atoms with Gasteiger partial charge in [-0.3, -0.25) is 9.59 Å². The number of ether oxygens (including phenoxy) is 2. The van der Waals surface area contributed by atoms with Gasteiger partial charge in [-0.05, 0) is 41.8 Å². The minimum atomic E-state index is -4.50. The molecule has 0 unspecified atom stereocenters. The Bertz CT molecular complexity index is 1180. The maximum Gasteiger partial charge on any atom is 0.416 e. The van der Waals surface area contributed by atoms with Crippen LogP contribution in [-0.4, -0.2) is 30.6 Å². The van der Waals surface area contributed by atoms with E-state index in [4.69, 9.17) is 9.47 Å². The molecule has 34 heavy (non-hydrogen) atoms. The number of carbonyl (C=O) groups excluding carboxylic acids is 2. The lowest BCUT2D eigenvalue weighted by Gasteiger charge is -2.42. The predicted octanol–water partition coefficient (Wildman–Crippen LogP) is 4.94. The number of benzene rings is 2. The lowest BCUT2D eigenvalue weighted by Crippen LogP contribution is -2.44. The van der Waals surface area contributed by atoms with Crippen LogP contribution in [0.2, 0.25) is 0 Å². The minimum Gasteiger partial charge on any atom is -0.486 e. The van der Waals surface area contributed by atoms with Crippen molar-refractivity contribution in [1.29, 1.82) is 0 Å². The second-order valence-corrected chi connectivity index (χ2v) is 8.82. The largest absolute Gasteiger partial charge is 0.486 e. The number of carbonyl (C=O) groups is 2. The number of hydrogen-bond acceptors (Lipinski definition) is 4. The molecular formula is C25H23F3N2O4. The summed E-state index contributed by atoms with van der Waals surface area (Å²) in [5.41, 5.74) is 1.69. The van der Waals surface area contributed by atoms with Crippen molar-refractivity contribution in [1.82, 2.24) is 0 Å². The van der Waals surface area contributed by atoms with Crippen molar-refractivity contribution in [3.8, 4) is 5.75 Å². The molecule has 2 amide bonds. The Kier molecular flexibility index (Phi) is 5.59. The summed E-state index contributed by atoms with van der Waals surface area (Å²) in [5, 5.41) is 5.68. The zero-order chi connectivity index (χ0) is 23.9. The third-order valence-electron chi connectivity index (χ3n) is 6.51. The second-order valence-electron chi connectivity index (χ2n) is 8.82. The van der Waals surface area contributed by atoms with Crippen LogP contribution in [0.4, 0.5) is 24.5 Å². The standard InChI is InChI=1S/C25H23F3N2O4/c26-25(27,28)16-4-5-17-15(14-24(34-21(17)13-16)8-10-33-11-9-24)12-23(32)30-20-3-1-2-19-18(20)6-7-22(31)29-19/h1-5,12-13H,6-11,14H2,(H,29,31)(H,30,32)/b15-12+. The lowest BCUT2D eigenvalue weighted by atomic mass is 9.81. The number of fused-ring (bicyclic) bond motifs is 2. The number of alkyl halides is 3. The van der Waals surface area contributed by atoms with Crippen LogP contribution in [0.25, 0.3) is 5.57 Å². The highest BCUT2D eigenvalue weighted by molar-refractivity contribution is 6.06. The molecule has 6 nitrogen and oxygen atoms in total. The first-order valence-electron chi connectivity index (χ1n) is 11.1. The van der Waals surface area contributed by atoms with Crippen molar-refractivity contribution in [2.24, 2.45) is 0 Å². The van der Waals surface area contributed by atoms with Gasteiger partial charge in [-0.25, -0.2) is 0 Å². The van der Waals surface area contributed by atoms with E-state index < -0.39 is 23.2 Å². The Labute approximate surface area is 194 Å². The SMILES string of the molecule is O=C(/C=C1\CC2(CCOCC2)Oc2cc(C(F)(F)F)ccc21)Nc1cccc2c1CCC(=O)N2. The summed E-state index contributed by atoms with van der Waals surface area (Å²) >= 11 is 0. The summed E-state index contributed by atoms with van der Waals surface area (Å²) in [6.07, 6.45) is -0.785. The summed E-state index contributed by atoms with van der Waals surface area (Å²) in [5.74, 6) is -0.339. The van der Waals surface area contributed by atoms with E-state index in [2.05, 4.69) is 10.6 Å². The van der Waals surface area contributed by atoms with E-state index >= 15 is 0 Å². The van der Waals surface area contributed by atoms with Crippen molar-refractivity contribution < 1.29 is 32.2 Å². The third kappa shape index (κ3) is 4.40. The Morgan fingerprint density at radius 1 is 1.12 bits per heavy atom. The maximum atomic E-state index is 13.3. The summed E-state index contributed by atoms with van der Waals surface area (Å²) < 4.78 is 51.5. The fourth-order valence-corrected chi connectivity index (χ4v) is 4.78. The quantitative estimate of drug-likeness (QED) is 0.607. The molecule has 0 aromatic heterocycles. The van der Waals surface area contributed by atoms with Crippen LogP contribution in [0.3, 0.4) is 0 Å². The van der Waals surface area contributed by atoms with Crippen LogP contribution in [0.15, 0.2) is 42.5 Å². The molecule has 0 radical (unpaired) electrons. The van der Waals surface area contributed by atoms with Crippen molar-refractivity contribution in [3.05, 3.63) is 59.2 Å². The molecule has 5 rings (SSSR count). The van der Waals surface area contributed by atoms with Crippen LogP contribution in [0, 0.1) is 0 Å². The predicted molar refractivity (Wildman–Crippen MR) is 119 cm³/mol. The fourth-order valence-electron chi connectivity index (χ4n) is 4.78. The van der Waals surface area contributed by atoms with E-state index in [-0.39, 0.29) is 11.7 Å². The molecule has 3 aliphatic heterocycles. The van der Waals surface area contributed by atoms with Crippen LogP contribution >= 0.6 is 0 Å². The van der Waals surface area contributed by atoms with Gasteiger partial charge in [0.05, 0.1) is 18.8 Å². The zero-order valence-corrected chi connectivity index (χ0v) is 18.3. The second kappa shape index (κ2) is 8.47. The summed E-state index contributed by atoms with van der Waals surface area (Å²) in [6, 6.07) is 8.67. The van der Waals surface area contributed by atoms with E-state index in [0.29, 0.717) is 67.8 Å². The van der Waals surface area contributed by atoms with Crippen LogP contribution in [-0.2, 0) is 26.9 Å². The van der Waals surface area contributed by atoms with Gasteiger partial charge in [0.15, 0.2) is 0 Å². The molecule has 0 aliphatic carbocycles.